The predicted octanol–water partition coefficient (Wildman–Crippen LogP) is 4.69. The van der Waals surface area contributed by atoms with E-state index in [2.05, 4.69) is 64.1 Å². The molecule has 4 aromatic rings. The Hall–Kier alpha value is -2.87. The van der Waals surface area contributed by atoms with Crippen LogP contribution in [0.15, 0.2) is 85.2 Å². The van der Waals surface area contributed by atoms with Crippen molar-refractivity contribution < 1.29 is 0 Å². The minimum atomic E-state index is 1.01. The number of imidazole rings is 1. The van der Waals surface area contributed by atoms with Gasteiger partial charge in [-0.2, -0.15) is 0 Å². The molecule has 2 heteroatoms. The van der Waals surface area contributed by atoms with E-state index in [1.807, 2.05) is 30.6 Å². The molecule has 0 atom stereocenters. The van der Waals surface area contributed by atoms with Gasteiger partial charge in [0.2, 0.25) is 0 Å². The average Bonchev–Trinajstić information content (AvgIpc) is 3.00. The van der Waals surface area contributed by atoms with Crippen molar-refractivity contribution in [3.8, 4) is 16.8 Å². The molecule has 0 saturated carbocycles. The summed E-state index contributed by atoms with van der Waals surface area (Å²) in [5.74, 6) is 0. The lowest BCUT2D eigenvalue weighted by Crippen LogP contribution is -1.93. The van der Waals surface area contributed by atoms with E-state index in [1.54, 1.807) is 0 Å². The van der Waals surface area contributed by atoms with Crippen molar-refractivity contribution in [3.05, 3.63) is 85.2 Å². The van der Waals surface area contributed by atoms with Crippen LogP contribution in [0.3, 0.4) is 0 Å². The van der Waals surface area contributed by atoms with Gasteiger partial charge in [-0.15, -0.1) is 0 Å². The first-order valence-electron chi connectivity index (χ1n) is 7.00. The van der Waals surface area contributed by atoms with Crippen molar-refractivity contribution in [2.45, 2.75) is 0 Å². The van der Waals surface area contributed by atoms with Crippen LogP contribution in [0.5, 0.6) is 0 Å². The Balaban J connectivity index is 2.03. The molecular weight excluding hydrogens is 256 g/mol. The molecule has 1 heterocycles. The Morgan fingerprint density at radius 1 is 0.667 bits per heavy atom. The van der Waals surface area contributed by atoms with Crippen molar-refractivity contribution in [1.82, 2.24) is 9.55 Å². The first kappa shape index (κ1) is 11.9. The number of fused-ring (bicyclic) bond motifs is 1. The van der Waals surface area contributed by atoms with Crippen LogP contribution in [-0.2, 0) is 0 Å². The number of rotatable bonds is 2. The van der Waals surface area contributed by atoms with Crippen molar-refractivity contribution >= 4 is 11.0 Å². The lowest BCUT2D eigenvalue weighted by Gasteiger charge is -2.09. The topological polar surface area (TPSA) is 17.8 Å². The molecule has 0 aliphatic rings. The first-order chi connectivity index (χ1) is 10.4. The summed E-state index contributed by atoms with van der Waals surface area (Å²) in [7, 11) is 0. The minimum Gasteiger partial charge on any atom is -0.298 e. The molecule has 1 aromatic heterocycles. The lowest BCUT2D eigenvalue weighted by atomic mass is 10.0. The molecule has 0 aliphatic carbocycles. The van der Waals surface area contributed by atoms with Crippen LogP contribution in [0.25, 0.3) is 27.8 Å². The van der Waals surface area contributed by atoms with Gasteiger partial charge in [0.15, 0.2) is 0 Å². The van der Waals surface area contributed by atoms with Gasteiger partial charge in [-0.1, -0.05) is 60.7 Å². The van der Waals surface area contributed by atoms with E-state index in [9.17, 15) is 0 Å². The van der Waals surface area contributed by atoms with Gasteiger partial charge in [-0.3, -0.25) is 4.57 Å². The Labute approximate surface area is 123 Å². The number of hydrogen-bond donors (Lipinski definition) is 0. The van der Waals surface area contributed by atoms with Crippen LogP contribution in [-0.4, -0.2) is 9.55 Å². The zero-order valence-corrected chi connectivity index (χ0v) is 11.5. The summed E-state index contributed by atoms with van der Waals surface area (Å²) in [6.45, 7) is 0. The second-order valence-electron chi connectivity index (χ2n) is 4.99. The van der Waals surface area contributed by atoms with Crippen molar-refractivity contribution in [1.29, 1.82) is 0 Å². The minimum absolute atomic E-state index is 1.01. The van der Waals surface area contributed by atoms with Gasteiger partial charge in [-0.25, -0.2) is 4.98 Å². The lowest BCUT2D eigenvalue weighted by molar-refractivity contribution is 1.09. The van der Waals surface area contributed by atoms with Crippen LogP contribution in [0, 0.1) is 0 Å². The van der Waals surface area contributed by atoms with Gasteiger partial charge in [0.05, 0.1) is 11.0 Å². The maximum absolute atomic E-state index is 4.54. The van der Waals surface area contributed by atoms with Gasteiger partial charge in [0.1, 0.15) is 6.33 Å². The molecule has 4 rings (SSSR count). The van der Waals surface area contributed by atoms with Crippen LogP contribution >= 0.6 is 0 Å². The number of aromatic nitrogens is 2. The molecule has 0 saturated heterocycles. The Kier molecular flexibility index (Phi) is 2.79. The van der Waals surface area contributed by atoms with Gasteiger partial charge in [0.25, 0.3) is 0 Å². The molecule has 0 unspecified atom stereocenters. The third kappa shape index (κ3) is 2.01. The van der Waals surface area contributed by atoms with Gasteiger partial charge < -0.3 is 0 Å². The highest BCUT2D eigenvalue weighted by molar-refractivity contribution is 5.93. The molecule has 0 N–H and O–H groups in total. The molecule has 0 amide bonds. The third-order valence-corrected chi connectivity index (χ3v) is 3.69. The Morgan fingerprint density at radius 2 is 1.38 bits per heavy atom. The van der Waals surface area contributed by atoms with Crippen LogP contribution in [0.4, 0.5) is 0 Å². The van der Waals surface area contributed by atoms with E-state index >= 15 is 0 Å². The quantitative estimate of drug-likeness (QED) is 0.516. The highest BCUT2D eigenvalue weighted by Gasteiger charge is 2.10. The van der Waals surface area contributed by atoms with Gasteiger partial charge in [0, 0.05) is 11.3 Å². The van der Waals surface area contributed by atoms with E-state index in [0.717, 1.165) is 16.7 Å². The Morgan fingerprint density at radius 3 is 2.14 bits per heavy atom. The monoisotopic (exact) mass is 270 g/mol. The fourth-order valence-electron chi connectivity index (χ4n) is 2.70. The van der Waals surface area contributed by atoms with Gasteiger partial charge >= 0.3 is 0 Å². The predicted molar refractivity (Wildman–Crippen MR) is 86.5 cm³/mol. The van der Waals surface area contributed by atoms with Gasteiger partial charge in [-0.05, 0) is 23.8 Å². The smallest absolute Gasteiger partial charge is 0.100 e. The van der Waals surface area contributed by atoms with E-state index in [0.29, 0.717) is 0 Å². The van der Waals surface area contributed by atoms with Crippen LogP contribution in [0.2, 0.25) is 0 Å². The summed E-state index contributed by atoms with van der Waals surface area (Å²) in [6, 6.07) is 27.0. The largest absolute Gasteiger partial charge is 0.298 e. The summed E-state index contributed by atoms with van der Waals surface area (Å²) in [4.78, 5) is 4.54. The zero-order chi connectivity index (χ0) is 14.1. The zero-order valence-electron chi connectivity index (χ0n) is 11.5. The van der Waals surface area contributed by atoms with E-state index in [1.165, 1.54) is 11.1 Å². The van der Waals surface area contributed by atoms with Crippen LogP contribution < -0.4 is 0 Å². The molecular formula is C19H14N2. The number of hydrogen-bond acceptors (Lipinski definition) is 1. The van der Waals surface area contributed by atoms with Crippen LogP contribution in [0.1, 0.15) is 0 Å². The molecule has 2 nitrogen and oxygen atoms in total. The average molecular weight is 270 g/mol. The molecule has 3 aromatic carbocycles. The highest BCUT2D eigenvalue weighted by Crippen LogP contribution is 2.29. The number of benzene rings is 3. The summed E-state index contributed by atoms with van der Waals surface area (Å²) in [5.41, 5.74) is 5.70. The molecule has 0 radical (unpaired) electrons. The summed E-state index contributed by atoms with van der Waals surface area (Å²) >= 11 is 0. The fourth-order valence-corrected chi connectivity index (χ4v) is 2.70. The third-order valence-electron chi connectivity index (χ3n) is 3.69. The molecule has 0 spiro atoms. The molecule has 21 heavy (non-hydrogen) atoms. The van der Waals surface area contributed by atoms with E-state index in [-0.39, 0.29) is 0 Å². The van der Waals surface area contributed by atoms with E-state index in [4.69, 9.17) is 0 Å². The second-order valence-corrected chi connectivity index (χ2v) is 4.99. The number of nitrogens with zero attached hydrogens (tertiary/aromatic N) is 2. The molecule has 0 aliphatic heterocycles. The second kappa shape index (κ2) is 4.91. The first-order valence-corrected chi connectivity index (χ1v) is 7.00. The van der Waals surface area contributed by atoms with Crippen molar-refractivity contribution in [2.24, 2.45) is 0 Å². The van der Waals surface area contributed by atoms with Crippen molar-refractivity contribution in [2.75, 3.05) is 0 Å². The Bertz CT molecular complexity index is 877. The highest BCUT2D eigenvalue weighted by atomic mass is 15.0. The summed E-state index contributed by atoms with van der Waals surface area (Å²) < 4.78 is 2.15. The maximum atomic E-state index is 4.54. The number of para-hydroxylation sites is 2. The molecule has 0 fully saturated rings. The molecule has 100 valence electrons. The fraction of sp³-hybridized carbons (Fsp3) is 0. The summed E-state index contributed by atoms with van der Waals surface area (Å²) in [5, 5.41) is 0. The normalized spacial score (nSPS) is 10.9. The maximum Gasteiger partial charge on any atom is 0.100 e. The summed E-state index contributed by atoms with van der Waals surface area (Å²) in [6.07, 6.45) is 1.90. The SMILES string of the molecule is c1ccc(-c2cccc3ncn(-c4ccccc4)c23)cc1. The standard InChI is InChI=1S/C19H14N2/c1-3-8-15(9-4-1)17-12-7-13-18-19(17)21(14-20-18)16-10-5-2-6-11-16/h1-14H. The van der Waals surface area contributed by atoms with Crippen molar-refractivity contribution in [3.63, 3.8) is 0 Å². The van der Waals surface area contributed by atoms with E-state index < -0.39 is 0 Å². The molecule has 0 bridgehead atoms.